The molecule has 1 fully saturated rings. The predicted octanol–water partition coefficient (Wildman–Crippen LogP) is 1.34. The minimum absolute atomic E-state index is 0.0714. The molecule has 2 heterocycles. The van der Waals surface area contributed by atoms with E-state index in [1.54, 1.807) is 0 Å². The molecule has 1 aromatic rings. The van der Waals surface area contributed by atoms with Gasteiger partial charge in [-0.3, -0.25) is 4.68 Å². The number of hydrogen-bond acceptors (Lipinski definition) is 3. The molecule has 0 aromatic carbocycles. The first kappa shape index (κ1) is 12.9. The number of rotatable bonds is 5. The van der Waals surface area contributed by atoms with Crippen molar-refractivity contribution in [3.63, 3.8) is 0 Å². The molecule has 1 saturated heterocycles. The standard InChI is InChI=1S/C12H20ClN3O/c1-16-9-11(8-15-16)2-5-14-12(10-13)3-6-17-7-4-12/h8-9,14H,2-7,10H2,1H3. The lowest BCUT2D eigenvalue weighted by molar-refractivity contribution is 0.0469. The summed E-state index contributed by atoms with van der Waals surface area (Å²) < 4.78 is 7.22. The van der Waals surface area contributed by atoms with Crippen molar-refractivity contribution in [1.29, 1.82) is 0 Å². The molecule has 1 aliphatic rings. The average molecular weight is 258 g/mol. The highest BCUT2D eigenvalue weighted by atomic mass is 35.5. The second-order valence-electron chi connectivity index (χ2n) is 4.73. The molecule has 2 rings (SSSR count). The fourth-order valence-corrected chi connectivity index (χ4v) is 2.55. The lowest BCUT2D eigenvalue weighted by Gasteiger charge is -2.36. The van der Waals surface area contributed by atoms with Crippen molar-refractivity contribution >= 4 is 11.6 Å². The zero-order chi connectivity index (χ0) is 12.1. The molecule has 0 aliphatic carbocycles. The van der Waals surface area contributed by atoms with Crippen molar-refractivity contribution in [3.05, 3.63) is 18.0 Å². The van der Waals surface area contributed by atoms with E-state index in [4.69, 9.17) is 16.3 Å². The Labute approximate surface area is 107 Å². The van der Waals surface area contributed by atoms with Crippen molar-refractivity contribution in [2.24, 2.45) is 7.05 Å². The fraction of sp³-hybridized carbons (Fsp3) is 0.750. The number of aryl methyl sites for hydroxylation is 1. The number of nitrogens with zero attached hydrogens (tertiary/aromatic N) is 2. The molecule has 1 aliphatic heterocycles. The predicted molar refractivity (Wildman–Crippen MR) is 68.4 cm³/mol. The van der Waals surface area contributed by atoms with E-state index in [0.29, 0.717) is 5.88 Å². The van der Waals surface area contributed by atoms with Gasteiger partial charge in [-0.25, -0.2) is 0 Å². The fourth-order valence-electron chi connectivity index (χ4n) is 2.19. The summed E-state index contributed by atoms with van der Waals surface area (Å²) in [6, 6.07) is 0. The minimum atomic E-state index is 0.0714. The maximum atomic E-state index is 6.09. The van der Waals surface area contributed by atoms with E-state index in [9.17, 15) is 0 Å². The molecule has 0 atom stereocenters. The van der Waals surface area contributed by atoms with Gasteiger partial charge in [-0.15, -0.1) is 11.6 Å². The highest BCUT2D eigenvalue weighted by molar-refractivity contribution is 6.18. The van der Waals surface area contributed by atoms with E-state index in [1.807, 2.05) is 17.9 Å². The number of alkyl halides is 1. The van der Waals surface area contributed by atoms with Crippen LogP contribution in [0.4, 0.5) is 0 Å². The van der Waals surface area contributed by atoms with Gasteiger partial charge in [0.25, 0.3) is 0 Å². The molecule has 1 N–H and O–H groups in total. The van der Waals surface area contributed by atoms with Crippen LogP contribution in [0.1, 0.15) is 18.4 Å². The summed E-state index contributed by atoms with van der Waals surface area (Å²) in [5.74, 6) is 0.656. The molecule has 17 heavy (non-hydrogen) atoms. The third kappa shape index (κ3) is 3.44. The SMILES string of the molecule is Cn1cc(CCNC2(CCl)CCOCC2)cn1. The van der Waals surface area contributed by atoms with E-state index in [0.717, 1.165) is 39.0 Å². The first-order valence-corrected chi connectivity index (χ1v) is 6.64. The van der Waals surface area contributed by atoms with Crippen LogP contribution in [0.15, 0.2) is 12.4 Å². The van der Waals surface area contributed by atoms with Crippen LogP contribution in [-0.4, -0.2) is 41.0 Å². The van der Waals surface area contributed by atoms with Crippen LogP contribution in [-0.2, 0) is 18.2 Å². The Morgan fingerprint density at radius 1 is 1.53 bits per heavy atom. The summed E-state index contributed by atoms with van der Waals surface area (Å²) in [7, 11) is 1.94. The van der Waals surface area contributed by atoms with Gasteiger partial charge in [0, 0.05) is 37.9 Å². The average Bonchev–Trinajstić information content (AvgIpc) is 2.76. The van der Waals surface area contributed by atoms with Gasteiger partial charge in [-0.05, 0) is 31.4 Å². The molecule has 0 amide bonds. The first-order valence-electron chi connectivity index (χ1n) is 6.10. The molecule has 96 valence electrons. The van der Waals surface area contributed by atoms with E-state index < -0.39 is 0 Å². The van der Waals surface area contributed by atoms with Gasteiger partial charge < -0.3 is 10.1 Å². The molecular formula is C12H20ClN3O. The van der Waals surface area contributed by atoms with Crippen LogP contribution in [0.3, 0.4) is 0 Å². The van der Waals surface area contributed by atoms with Crippen molar-refractivity contribution in [2.75, 3.05) is 25.6 Å². The van der Waals surface area contributed by atoms with Gasteiger partial charge in [0.1, 0.15) is 0 Å². The maximum Gasteiger partial charge on any atom is 0.0522 e. The molecule has 0 bridgehead atoms. The Bertz CT molecular complexity index is 347. The highest BCUT2D eigenvalue weighted by Gasteiger charge is 2.30. The molecule has 4 nitrogen and oxygen atoms in total. The van der Waals surface area contributed by atoms with Gasteiger partial charge in [0.2, 0.25) is 0 Å². The van der Waals surface area contributed by atoms with Crippen LogP contribution in [0.5, 0.6) is 0 Å². The topological polar surface area (TPSA) is 39.1 Å². The molecular weight excluding hydrogens is 238 g/mol. The number of ether oxygens (including phenoxy) is 1. The lowest BCUT2D eigenvalue weighted by Crippen LogP contribution is -2.51. The summed E-state index contributed by atoms with van der Waals surface area (Å²) in [6.07, 6.45) is 6.97. The quantitative estimate of drug-likeness (QED) is 0.810. The second kappa shape index (κ2) is 5.85. The summed E-state index contributed by atoms with van der Waals surface area (Å²) in [4.78, 5) is 0. The minimum Gasteiger partial charge on any atom is -0.381 e. The van der Waals surface area contributed by atoms with E-state index in [1.165, 1.54) is 5.56 Å². The van der Waals surface area contributed by atoms with E-state index >= 15 is 0 Å². The van der Waals surface area contributed by atoms with E-state index in [2.05, 4.69) is 16.6 Å². The highest BCUT2D eigenvalue weighted by Crippen LogP contribution is 2.22. The van der Waals surface area contributed by atoms with Crippen molar-refractivity contribution in [2.45, 2.75) is 24.8 Å². The first-order chi connectivity index (χ1) is 8.24. The molecule has 0 radical (unpaired) electrons. The third-order valence-corrected chi connectivity index (χ3v) is 3.89. The Kier molecular flexibility index (Phi) is 4.42. The number of hydrogen-bond donors (Lipinski definition) is 1. The molecule has 1 aromatic heterocycles. The zero-order valence-corrected chi connectivity index (χ0v) is 11.0. The smallest absolute Gasteiger partial charge is 0.0522 e. The normalized spacial score (nSPS) is 19.4. The van der Waals surface area contributed by atoms with Crippen molar-refractivity contribution < 1.29 is 4.74 Å². The maximum absolute atomic E-state index is 6.09. The summed E-state index contributed by atoms with van der Waals surface area (Å²) in [5.41, 5.74) is 1.33. The molecule has 0 saturated carbocycles. The lowest BCUT2D eigenvalue weighted by atomic mass is 9.92. The second-order valence-corrected chi connectivity index (χ2v) is 4.99. The monoisotopic (exact) mass is 257 g/mol. The van der Waals surface area contributed by atoms with Crippen molar-refractivity contribution in [3.8, 4) is 0 Å². The zero-order valence-electron chi connectivity index (χ0n) is 10.3. The van der Waals surface area contributed by atoms with Crippen LogP contribution in [0.25, 0.3) is 0 Å². The Balaban J connectivity index is 1.79. The summed E-state index contributed by atoms with van der Waals surface area (Å²) in [5, 5.41) is 7.76. The molecule has 5 heteroatoms. The molecule has 0 spiro atoms. The van der Waals surface area contributed by atoms with E-state index in [-0.39, 0.29) is 5.54 Å². The summed E-state index contributed by atoms with van der Waals surface area (Å²) in [6.45, 7) is 2.57. The van der Waals surface area contributed by atoms with Gasteiger partial charge in [-0.2, -0.15) is 5.10 Å². The largest absolute Gasteiger partial charge is 0.381 e. The Morgan fingerprint density at radius 3 is 2.88 bits per heavy atom. The number of aromatic nitrogens is 2. The van der Waals surface area contributed by atoms with Crippen LogP contribution < -0.4 is 5.32 Å². The third-order valence-electron chi connectivity index (χ3n) is 3.38. The van der Waals surface area contributed by atoms with Gasteiger partial charge >= 0.3 is 0 Å². The summed E-state index contributed by atoms with van der Waals surface area (Å²) >= 11 is 6.09. The Hall–Kier alpha value is -0.580. The van der Waals surface area contributed by atoms with Crippen LogP contribution in [0.2, 0.25) is 0 Å². The van der Waals surface area contributed by atoms with Crippen molar-refractivity contribution in [1.82, 2.24) is 15.1 Å². The van der Waals surface area contributed by atoms with Gasteiger partial charge in [-0.1, -0.05) is 0 Å². The van der Waals surface area contributed by atoms with Crippen LogP contribution in [0, 0.1) is 0 Å². The number of halogens is 1. The van der Waals surface area contributed by atoms with Gasteiger partial charge in [0.05, 0.1) is 6.20 Å². The van der Waals surface area contributed by atoms with Crippen LogP contribution >= 0.6 is 11.6 Å². The number of nitrogens with one attached hydrogen (secondary N) is 1. The van der Waals surface area contributed by atoms with Gasteiger partial charge in [0.15, 0.2) is 0 Å². The molecule has 0 unspecified atom stereocenters. The Morgan fingerprint density at radius 2 is 2.29 bits per heavy atom.